The molecule has 1 aromatic rings. The zero-order valence-electron chi connectivity index (χ0n) is 7.14. The van der Waals surface area contributed by atoms with Crippen molar-refractivity contribution < 1.29 is 0 Å². The van der Waals surface area contributed by atoms with E-state index in [0.717, 1.165) is 6.54 Å². The number of fused-ring (bicyclic) bond motifs is 1. The highest BCUT2D eigenvalue weighted by Gasteiger charge is 2.13. The van der Waals surface area contributed by atoms with Crippen LogP contribution in [0.1, 0.15) is 16.9 Å². The first-order valence-electron chi connectivity index (χ1n) is 4.21. The first-order valence-corrected chi connectivity index (χ1v) is 5.82. The molecule has 1 aliphatic rings. The van der Waals surface area contributed by atoms with Crippen LogP contribution in [0.5, 0.6) is 0 Å². The SMILES string of the molecule is CN1CCCc2cc(Br)sc2C1. The summed E-state index contributed by atoms with van der Waals surface area (Å²) in [5.74, 6) is 0. The summed E-state index contributed by atoms with van der Waals surface area (Å²) < 4.78 is 1.28. The van der Waals surface area contributed by atoms with Crippen molar-refractivity contribution in [1.82, 2.24) is 4.90 Å². The highest BCUT2D eigenvalue weighted by Crippen LogP contribution is 2.30. The molecule has 0 bridgehead atoms. The lowest BCUT2D eigenvalue weighted by Crippen LogP contribution is -2.16. The molecule has 3 heteroatoms. The van der Waals surface area contributed by atoms with Crippen LogP contribution in [0.4, 0.5) is 0 Å². The van der Waals surface area contributed by atoms with Crippen LogP contribution >= 0.6 is 27.3 Å². The summed E-state index contributed by atoms with van der Waals surface area (Å²) in [5.41, 5.74) is 1.55. The molecule has 0 aromatic carbocycles. The van der Waals surface area contributed by atoms with Gasteiger partial charge in [-0.15, -0.1) is 11.3 Å². The molecule has 0 saturated carbocycles. The van der Waals surface area contributed by atoms with Crippen molar-refractivity contribution in [3.05, 3.63) is 20.3 Å². The van der Waals surface area contributed by atoms with Crippen LogP contribution < -0.4 is 0 Å². The van der Waals surface area contributed by atoms with E-state index in [0.29, 0.717) is 0 Å². The van der Waals surface area contributed by atoms with E-state index in [1.54, 1.807) is 10.4 Å². The number of hydrogen-bond acceptors (Lipinski definition) is 2. The van der Waals surface area contributed by atoms with Gasteiger partial charge in [-0.05, 0) is 54.0 Å². The smallest absolute Gasteiger partial charge is 0.0704 e. The second-order valence-electron chi connectivity index (χ2n) is 3.34. The lowest BCUT2D eigenvalue weighted by Gasteiger charge is -2.11. The topological polar surface area (TPSA) is 3.24 Å². The van der Waals surface area contributed by atoms with Gasteiger partial charge in [0.15, 0.2) is 0 Å². The van der Waals surface area contributed by atoms with E-state index in [9.17, 15) is 0 Å². The summed E-state index contributed by atoms with van der Waals surface area (Å²) in [7, 11) is 2.20. The molecule has 0 radical (unpaired) electrons. The molecular formula is C9H12BrNS. The van der Waals surface area contributed by atoms with Crippen molar-refractivity contribution in [2.75, 3.05) is 13.6 Å². The summed E-state index contributed by atoms with van der Waals surface area (Å²) in [6, 6.07) is 2.28. The third-order valence-corrected chi connectivity index (χ3v) is 3.93. The normalized spacial score (nSPS) is 18.8. The van der Waals surface area contributed by atoms with E-state index in [1.807, 2.05) is 11.3 Å². The van der Waals surface area contributed by atoms with Gasteiger partial charge in [-0.25, -0.2) is 0 Å². The van der Waals surface area contributed by atoms with Crippen LogP contribution in [-0.2, 0) is 13.0 Å². The molecule has 0 amide bonds. The van der Waals surface area contributed by atoms with Crippen molar-refractivity contribution in [2.24, 2.45) is 0 Å². The Labute approximate surface area is 85.5 Å². The highest BCUT2D eigenvalue weighted by molar-refractivity contribution is 9.11. The molecule has 0 unspecified atom stereocenters. The Bertz CT molecular complexity index is 282. The van der Waals surface area contributed by atoms with Gasteiger partial charge in [0.2, 0.25) is 0 Å². The fraction of sp³-hybridized carbons (Fsp3) is 0.556. The van der Waals surface area contributed by atoms with Crippen LogP contribution in [0.3, 0.4) is 0 Å². The minimum absolute atomic E-state index is 1.13. The molecule has 0 spiro atoms. The Balaban J connectivity index is 2.30. The van der Waals surface area contributed by atoms with Gasteiger partial charge < -0.3 is 4.90 Å². The van der Waals surface area contributed by atoms with Gasteiger partial charge in [-0.3, -0.25) is 0 Å². The van der Waals surface area contributed by atoms with E-state index in [-0.39, 0.29) is 0 Å². The molecule has 0 saturated heterocycles. The summed E-state index contributed by atoms with van der Waals surface area (Å²) in [6.45, 7) is 2.37. The Morgan fingerprint density at radius 2 is 2.42 bits per heavy atom. The number of rotatable bonds is 0. The molecule has 1 aliphatic heterocycles. The number of hydrogen-bond donors (Lipinski definition) is 0. The van der Waals surface area contributed by atoms with Gasteiger partial charge in [-0.2, -0.15) is 0 Å². The third-order valence-electron chi connectivity index (χ3n) is 2.27. The molecule has 12 heavy (non-hydrogen) atoms. The second kappa shape index (κ2) is 3.48. The molecule has 1 nitrogen and oxygen atoms in total. The van der Waals surface area contributed by atoms with Crippen molar-refractivity contribution in [1.29, 1.82) is 0 Å². The highest BCUT2D eigenvalue weighted by atomic mass is 79.9. The molecule has 0 fully saturated rings. The van der Waals surface area contributed by atoms with Crippen LogP contribution in [-0.4, -0.2) is 18.5 Å². The van der Waals surface area contributed by atoms with Crippen LogP contribution in [0.2, 0.25) is 0 Å². The van der Waals surface area contributed by atoms with Gasteiger partial charge in [0, 0.05) is 11.4 Å². The van der Waals surface area contributed by atoms with E-state index in [4.69, 9.17) is 0 Å². The van der Waals surface area contributed by atoms with E-state index in [2.05, 4.69) is 33.9 Å². The lowest BCUT2D eigenvalue weighted by atomic mass is 10.2. The molecule has 0 aliphatic carbocycles. The molecule has 0 atom stereocenters. The van der Waals surface area contributed by atoms with Gasteiger partial charge in [0.25, 0.3) is 0 Å². The maximum absolute atomic E-state index is 3.54. The zero-order valence-corrected chi connectivity index (χ0v) is 9.54. The Hall–Kier alpha value is 0.140. The fourth-order valence-electron chi connectivity index (χ4n) is 1.64. The summed E-state index contributed by atoms with van der Waals surface area (Å²) in [6.07, 6.45) is 2.55. The lowest BCUT2D eigenvalue weighted by molar-refractivity contribution is 0.334. The Morgan fingerprint density at radius 1 is 1.58 bits per heavy atom. The minimum atomic E-state index is 1.13. The maximum atomic E-state index is 3.54. The van der Waals surface area contributed by atoms with Crippen molar-refractivity contribution in [3.63, 3.8) is 0 Å². The molecule has 2 rings (SSSR count). The number of thiophene rings is 1. The zero-order chi connectivity index (χ0) is 8.55. The molecular weight excluding hydrogens is 234 g/mol. The first-order chi connectivity index (χ1) is 5.75. The summed E-state index contributed by atoms with van der Waals surface area (Å²) >= 11 is 5.42. The number of nitrogens with zero attached hydrogens (tertiary/aromatic N) is 1. The molecule has 2 heterocycles. The third kappa shape index (κ3) is 1.73. The fourth-order valence-corrected chi connectivity index (χ4v) is 3.52. The van der Waals surface area contributed by atoms with Gasteiger partial charge in [0.05, 0.1) is 3.79 Å². The molecule has 1 aromatic heterocycles. The van der Waals surface area contributed by atoms with Gasteiger partial charge in [0.1, 0.15) is 0 Å². The number of halogens is 1. The average molecular weight is 246 g/mol. The Morgan fingerprint density at radius 3 is 3.25 bits per heavy atom. The molecule has 0 N–H and O–H groups in total. The van der Waals surface area contributed by atoms with Crippen LogP contribution in [0.15, 0.2) is 9.85 Å². The van der Waals surface area contributed by atoms with E-state index >= 15 is 0 Å². The Kier molecular flexibility index (Phi) is 2.53. The predicted octanol–water partition coefficient (Wildman–Crippen LogP) is 2.89. The van der Waals surface area contributed by atoms with Crippen molar-refractivity contribution in [3.8, 4) is 0 Å². The predicted molar refractivity (Wildman–Crippen MR) is 56.7 cm³/mol. The summed E-state index contributed by atoms with van der Waals surface area (Å²) in [4.78, 5) is 3.94. The van der Waals surface area contributed by atoms with Gasteiger partial charge in [-0.1, -0.05) is 0 Å². The van der Waals surface area contributed by atoms with E-state index in [1.165, 1.54) is 23.2 Å². The van der Waals surface area contributed by atoms with Crippen LogP contribution in [0, 0.1) is 0 Å². The largest absolute Gasteiger partial charge is 0.301 e. The maximum Gasteiger partial charge on any atom is 0.0704 e. The summed E-state index contributed by atoms with van der Waals surface area (Å²) in [5, 5.41) is 0. The van der Waals surface area contributed by atoms with Crippen molar-refractivity contribution >= 4 is 27.3 Å². The minimum Gasteiger partial charge on any atom is -0.301 e. The quantitative estimate of drug-likeness (QED) is 0.680. The van der Waals surface area contributed by atoms with Gasteiger partial charge >= 0.3 is 0 Å². The molecule has 66 valence electrons. The van der Waals surface area contributed by atoms with E-state index < -0.39 is 0 Å². The van der Waals surface area contributed by atoms with Crippen LogP contribution in [0.25, 0.3) is 0 Å². The standard InChI is InChI=1S/C9H12BrNS/c1-11-4-2-3-7-5-9(10)12-8(7)6-11/h5H,2-4,6H2,1H3. The first kappa shape index (κ1) is 8.73. The second-order valence-corrected chi connectivity index (χ2v) is 5.86. The monoisotopic (exact) mass is 245 g/mol. The number of aryl methyl sites for hydroxylation is 1. The average Bonchev–Trinajstić information content (AvgIpc) is 2.23. The van der Waals surface area contributed by atoms with Crippen molar-refractivity contribution in [2.45, 2.75) is 19.4 Å².